The van der Waals surface area contributed by atoms with E-state index >= 15 is 0 Å². The first-order chi connectivity index (χ1) is 15.2. The van der Waals surface area contributed by atoms with Crippen molar-refractivity contribution in [2.24, 2.45) is 11.7 Å². The minimum atomic E-state index is -0.712. The van der Waals surface area contributed by atoms with Crippen molar-refractivity contribution >= 4 is 34.8 Å². The molecule has 4 rings (SSSR count). The molecule has 3 amide bonds. The Morgan fingerprint density at radius 3 is 2.31 bits per heavy atom. The molecule has 3 aliphatic heterocycles. The van der Waals surface area contributed by atoms with E-state index in [2.05, 4.69) is 4.90 Å². The van der Waals surface area contributed by atoms with E-state index in [0.717, 1.165) is 37.3 Å². The van der Waals surface area contributed by atoms with Gasteiger partial charge in [0.15, 0.2) is 0 Å². The summed E-state index contributed by atoms with van der Waals surface area (Å²) in [4.78, 5) is 53.5. The van der Waals surface area contributed by atoms with Crippen molar-refractivity contribution in [2.45, 2.75) is 51.0 Å². The fourth-order valence-corrected chi connectivity index (χ4v) is 5.28. The Labute approximate surface area is 186 Å². The van der Waals surface area contributed by atoms with Crippen LogP contribution in [0.15, 0.2) is 18.2 Å². The standard InChI is InChI=1S/C22H29N5O5/c1-15-13-19(28)26(20(15)29)16-5-6-17(18(14-16)27(31)32)24-11-7-22(8-12-24,21(23)30)25-9-3-2-4-10-25/h5-6,14-15H,2-4,7-13H2,1H3,(H2,23,30)/t15-/m0/s1. The molecule has 3 heterocycles. The van der Waals surface area contributed by atoms with Gasteiger partial charge < -0.3 is 10.6 Å². The molecule has 3 fully saturated rings. The fraction of sp³-hybridized carbons (Fsp3) is 0.591. The highest BCUT2D eigenvalue weighted by molar-refractivity contribution is 6.21. The lowest BCUT2D eigenvalue weighted by molar-refractivity contribution is -0.384. The van der Waals surface area contributed by atoms with Gasteiger partial charge in [-0.15, -0.1) is 0 Å². The van der Waals surface area contributed by atoms with Gasteiger partial charge in [0.05, 0.1) is 10.6 Å². The molecule has 32 heavy (non-hydrogen) atoms. The second-order valence-electron chi connectivity index (χ2n) is 9.03. The van der Waals surface area contributed by atoms with Gasteiger partial charge in [-0.05, 0) is 50.9 Å². The molecule has 0 unspecified atom stereocenters. The topological polar surface area (TPSA) is 130 Å². The molecule has 172 valence electrons. The van der Waals surface area contributed by atoms with E-state index in [4.69, 9.17) is 5.73 Å². The largest absolute Gasteiger partial charge is 0.368 e. The lowest BCUT2D eigenvalue weighted by Crippen LogP contribution is -2.63. The van der Waals surface area contributed by atoms with E-state index in [1.165, 1.54) is 6.07 Å². The van der Waals surface area contributed by atoms with Crippen molar-refractivity contribution in [2.75, 3.05) is 36.0 Å². The first kappa shape index (κ1) is 22.2. The lowest BCUT2D eigenvalue weighted by atomic mass is 9.83. The number of carbonyl (C=O) groups is 3. The molecule has 1 atom stereocenters. The number of likely N-dealkylation sites (tertiary alicyclic amines) is 1. The average Bonchev–Trinajstić information content (AvgIpc) is 3.05. The first-order valence-corrected chi connectivity index (χ1v) is 11.2. The first-order valence-electron chi connectivity index (χ1n) is 11.2. The van der Waals surface area contributed by atoms with Gasteiger partial charge in [-0.3, -0.25) is 34.3 Å². The molecular weight excluding hydrogens is 414 g/mol. The van der Waals surface area contributed by atoms with Gasteiger partial charge >= 0.3 is 0 Å². The normalized spacial score (nSPS) is 24.1. The van der Waals surface area contributed by atoms with Crippen LogP contribution in [-0.4, -0.2) is 59.3 Å². The molecule has 10 nitrogen and oxygen atoms in total. The van der Waals surface area contributed by atoms with Crippen LogP contribution in [0.3, 0.4) is 0 Å². The number of nitrogens with zero attached hydrogens (tertiary/aromatic N) is 4. The van der Waals surface area contributed by atoms with Gasteiger partial charge in [-0.2, -0.15) is 0 Å². The Bertz CT molecular complexity index is 950. The number of imide groups is 1. The Balaban J connectivity index is 1.58. The van der Waals surface area contributed by atoms with E-state index in [0.29, 0.717) is 31.6 Å². The van der Waals surface area contributed by atoms with Crippen LogP contribution < -0.4 is 15.5 Å². The number of hydrogen-bond acceptors (Lipinski definition) is 7. The molecule has 0 radical (unpaired) electrons. The molecular formula is C22H29N5O5. The fourth-order valence-electron chi connectivity index (χ4n) is 5.28. The number of nitrogens with two attached hydrogens (primary N) is 1. The minimum absolute atomic E-state index is 0.103. The Morgan fingerprint density at radius 1 is 1.12 bits per heavy atom. The summed E-state index contributed by atoms with van der Waals surface area (Å²) in [5.74, 6) is -1.46. The second kappa shape index (κ2) is 8.50. The third-order valence-corrected chi connectivity index (χ3v) is 7.14. The number of carbonyl (C=O) groups excluding carboxylic acids is 3. The van der Waals surface area contributed by atoms with Gasteiger partial charge in [-0.25, -0.2) is 0 Å². The second-order valence-corrected chi connectivity index (χ2v) is 9.03. The van der Waals surface area contributed by atoms with Crippen molar-refractivity contribution in [3.8, 4) is 0 Å². The quantitative estimate of drug-likeness (QED) is 0.417. The molecule has 3 aliphatic rings. The van der Waals surface area contributed by atoms with Crippen LogP contribution in [0.25, 0.3) is 0 Å². The van der Waals surface area contributed by atoms with Gasteiger partial charge in [0.25, 0.3) is 5.69 Å². The molecule has 0 aliphatic carbocycles. The highest BCUT2D eigenvalue weighted by Crippen LogP contribution is 2.39. The molecule has 3 saturated heterocycles. The zero-order valence-electron chi connectivity index (χ0n) is 18.3. The van der Waals surface area contributed by atoms with Crippen LogP contribution in [0, 0.1) is 16.0 Å². The van der Waals surface area contributed by atoms with Crippen molar-refractivity contribution in [3.05, 3.63) is 28.3 Å². The monoisotopic (exact) mass is 443 g/mol. The molecule has 0 bridgehead atoms. The maximum atomic E-state index is 12.5. The summed E-state index contributed by atoms with van der Waals surface area (Å²) in [6, 6.07) is 4.47. The Morgan fingerprint density at radius 2 is 1.78 bits per heavy atom. The zero-order valence-corrected chi connectivity index (χ0v) is 18.3. The number of piperidine rings is 2. The predicted molar refractivity (Wildman–Crippen MR) is 118 cm³/mol. The van der Waals surface area contributed by atoms with Gasteiger partial charge in [0.1, 0.15) is 11.2 Å². The number of nitro benzene ring substituents is 1. The number of amides is 3. The van der Waals surface area contributed by atoms with Gasteiger partial charge in [0, 0.05) is 31.5 Å². The SMILES string of the molecule is C[C@H]1CC(=O)N(c2ccc(N3CCC(C(N)=O)(N4CCCCC4)CC3)c([N+](=O)[O-])c2)C1=O. The number of hydrogen-bond donors (Lipinski definition) is 1. The predicted octanol–water partition coefficient (Wildman–Crippen LogP) is 1.80. The van der Waals surface area contributed by atoms with Crippen LogP contribution in [-0.2, 0) is 14.4 Å². The van der Waals surface area contributed by atoms with Gasteiger partial charge in [-0.1, -0.05) is 13.3 Å². The number of rotatable bonds is 5. The molecule has 1 aromatic rings. The van der Waals surface area contributed by atoms with Crippen LogP contribution in [0.4, 0.5) is 17.1 Å². The van der Waals surface area contributed by atoms with Crippen LogP contribution in [0.1, 0.15) is 45.4 Å². The zero-order chi connectivity index (χ0) is 23.0. The van der Waals surface area contributed by atoms with Crippen LogP contribution >= 0.6 is 0 Å². The molecule has 1 aromatic carbocycles. The van der Waals surface area contributed by atoms with Gasteiger partial charge in [0.2, 0.25) is 17.7 Å². The van der Waals surface area contributed by atoms with E-state index in [1.54, 1.807) is 19.1 Å². The Kier molecular flexibility index (Phi) is 5.89. The molecule has 0 saturated carbocycles. The number of anilines is 2. The maximum absolute atomic E-state index is 12.5. The van der Waals surface area contributed by atoms with E-state index in [-0.39, 0.29) is 35.5 Å². The van der Waals surface area contributed by atoms with E-state index in [9.17, 15) is 24.5 Å². The smallest absolute Gasteiger partial charge is 0.294 e. The highest BCUT2D eigenvalue weighted by Gasteiger charge is 2.46. The summed E-state index contributed by atoms with van der Waals surface area (Å²) in [5, 5.41) is 11.8. The number of benzene rings is 1. The summed E-state index contributed by atoms with van der Waals surface area (Å²) in [7, 11) is 0. The Hall–Kier alpha value is -3.01. The number of nitro groups is 1. The summed E-state index contributed by atoms with van der Waals surface area (Å²) in [5.41, 5.74) is 5.61. The third kappa shape index (κ3) is 3.72. The molecule has 2 N–H and O–H groups in total. The van der Waals surface area contributed by atoms with Crippen LogP contribution in [0.2, 0.25) is 0 Å². The lowest BCUT2D eigenvalue weighted by Gasteiger charge is -2.48. The van der Waals surface area contributed by atoms with Crippen molar-refractivity contribution < 1.29 is 19.3 Å². The number of primary amides is 1. The summed E-state index contributed by atoms with van der Waals surface area (Å²) in [6.07, 6.45) is 4.34. The maximum Gasteiger partial charge on any atom is 0.294 e. The van der Waals surface area contributed by atoms with Crippen molar-refractivity contribution in [1.82, 2.24) is 4.90 Å². The van der Waals surface area contributed by atoms with Crippen LogP contribution in [0.5, 0.6) is 0 Å². The third-order valence-electron chi connectivity index (χ3n) is 7.14. The molecule has 0 spiro atoms. The molecule has 10 heteroatoms. The highest BCUT2D eigenvalue weighted by atomic mass is 16.6. The van der Waals surface area contributed by atoms with Crippen molar-refractivity contribution in [3.63, 3.8) is 0 Å². The van der Waals surface area contributed by atoms with E-state index in [1.807, 2.05) is 4.90 Å². The molecule has 0 aromatic heterocycles. The summed E-state index contributed by atoms with van der Waals surface area (Å²) < 4.78 is 0. The summed E-state index contributed by atoms with van der Waals surface area (Å²) >= 11 is 0. The average molecular weight is 444 g/mol. The van der Waals surface area contributed by atoms with Crippen molar-refractivity contribution in [1.29, 1.82) is 0 Å². The van der Waals surface area contributed by atoms with E-state index < -0.39 is 16.4 Å². The minimum Gasteiger partial charge on any atom is -0.368 e. The summed E-state index contributed by atoms with van der Waals surface area (Å²) in [6.45, 7) is 4.27.